The average molecular weight is 270 g/mol. The fraction of sp³-hybridized carbons (Fsp3) is 0.385. The van der Waals surface area contributed by atoms with Crippen LogP contribution in [0.3, 0.4) is 0 Å². The number of halogens is 1. The topological polar surface area (TPSA) is 66.4 Å². The summed E-state index contributed by atoms with van der Waals surface area (Å²) >= 11 is 5.46. The van der Waals surface area contributed by atoms with Crippen LogP contribution in [0.15, 0.2) is 24.3 Å². The second-order valence-electron chi connectivity index (χ2n) is 3.93. The summed E-state index contributed by atoms with van der Waals surface area (Å²) < 4.78 is 0. The molecule has 0 saturated heterocycles. The van der Waals surface area contributed by atoms with Gasteiger partial charge in [0, 0.05) is 24.4 Å². The zero-order chi connectivity index (χ0) is 13.4. The molecule has 0 aliphatic carbocycles. The van der Waals surface area contributed by atoms with Gasteiger partial charge in [0.05, 0.1) is 0 Å². The van der Waals surface area contributed by atoms with Gasteiger partial charge in [-0.25, -0.2) is 0 Å². The number of anilines is 1. The number of aliphatic carboxylic acids is 1. The molecule has 0 atom stereocenters. The SMILES string of the molecule is O=C(O)CCCc1ccc(NC(=O)CCCl)cc1. The van der Waals surface area contributed by atoms with E-state index < -0.39 is 5.97 Å². The second kappa shape index (κ2) is 7.71. The fourth-order valence-corrected chi connectivity index (χ4v) is 1.68. The Hall–Kier alpha value is -1.55. The molecule has 0 aliphatic rings. The summed E-state index contributed by atoms with van der Waals surface area (Å²) in [4.78, 5) is 21.7. The van der Waals surface area contributed by atoms with Crippen LogP contribution in [-0.2, 0) is 16.0 Å². The number of aryl methyl sites for hydroxylation is 1. The van der Waals surface area contributed by atoms with Crippen LogP contribution in [0.4, 0.5) is 5.69 Å². The summed E-state index contributed by atoms with van der Waals surface area (Å²) in [7, 11) is 0. The highest BCUT2D eigenvalue weighted by Gasteiger charge is 2.02. The van der Waals surface area contributed by atoms with Crippen molar-refractivity contribution in [3.05, 3.63) is 29.8 Å². The third kappa shape index (κ3) is 5.68. The van der Waals surface area contributed by atoms with Gasteiger partial charge < -0.3 is 10.4 Å². The van der Waals surface area contributed by atoms with E-state index in [0.29, 0.717) is 18.7 Å². The van der Waals surface area contributed by atoms with Crippen molar-refractivity contribution in [1.82, 2.24) is 0 Å². The summed E-state index contributed by atoms with van der Waals surface area (Å²) in [5, 5.41) is 11.3. The van der Waals surface area contributed by atoms with E-state index in [1.54, 1.807) is 0 Å². The zero-order valence-corrected chi connectivity index (χ0v) is 10.7. The molecule has 1 amide bonds. The van der Waals surface area contributed by atoms with Crippen LogP contribution < -0.4 is 5.32 Å². The molecule has 0 fully saturated rings. The van der Waals surface area contributed by atoms with Crippen molar-refractivity contribution in [3.8, 4) is 0 Å². The first-order chi connectivity index (χ1) is 8.61. The molecule has 1 aromatic rings. The van der Waals surface area contributed by atoms with Gasteiger partial charge in [-0.15, -0.1) is 11.6 Å². The number of hydrogen-bond donors (Lipinski definition) is 2. The van der Waals surface area contributed by atoms with Crippen LogP contribution in [0, 0.1) is 0 Å². The Morgan fingerprint density at radius 3 is 2.39 bits per heavy atom. The van der Waals surface area contributed by atoms with Crippen molar-refractivity contribution < 1.29 is 14.7 Å². The monoisotopic (exact) mass is 269 g/mol. The van der Waals surface area contributed by atoms with E-state index in [9.17, 15) is 9.59 Å². The second-order valence-corrected chi connectivity index (χ2v) is 4.31. The Kier molecular flexibility index (Phi) is 6.22. The Labute approximate surface area is 111 Å². The molecule has 0 aliphatic heterocycles. The molecule has 0 spiro atoms. The zero-order valence-electron chi connectivity index (χ0n) is 9.99. The van der Waals surface area contributed by atoms with E-state index in [2.05, 4.69) is 5.32 Å². The summed E-state index contributed by atoms with van der Waals surface area (Å²) in [6.07, 6.45) is 1.81. The molecule has 0 radical (unpaired) electrons. The van der Waals surface area contributed by atoms with Gasteiger partial charge in [0.2, 0.25) is 5.91 Å². The maximum atomic E-state index is 11.3. The van der Waals surface area contributed by atoms with E-state index in [0.717, 1.165) is 17.7 Å². The van der Waals surface area contributed by atoms with E-state index >= 15 is 0 Å². The third-order valence-electron chi connectivity index (χ3n) is 2.42. The number of carbonyl (C=O) groups excluding carboxylic acids is 1. The van der Waals surface area contributed by atoms with Crippen molar-refractivity contribution in [2.75, 3.05) is 11.2 Å². The Bertz CT molecular complexity index is 403. The standard InChI is InChI=1S/C13H16ClNO3/c14-9-8-12(16)15-11-6-4-10(5-7-11)2-1-3-13(17)18/h4-7H,1-3,8-9H2,(H,15,16)(H,17,18). The summed E-state index contributed by atoms with van der Waals surface area (Å²) in [6, 6.07) is 7.39. The Morgan fingerprint density at radius 1 is 1.17 bits per heavy atom. The Balaban J connectivity index is 2.42. The number of carboxylic acid groups (broad SMARTS) is 1. The number of hydrogen-bond acceptors (Lipinski definition) is 2. The molecule has 0 aromatic heterocycles. The van der Waals surface area contributed by atoms with Gasteiger partial charge >= 0.3 is 5.97 Å². The Morgan fingerprint density at radius 2 is 1.83 bits per heavy atom. The van der Waals surface area contributed by atoms with Crippen molar-refractivity contribution >= 4 is 29.2 Å². The molecule has 1 rings (SSSR count). The average Bonchev–Trinajstić information content (AvgIpc) is 2.31. The quantitative estimate of drug-likeness (QED) is 0.748. The minimum atomic E-state index is -0.778. The van der Waals surface area contributed by atoms with Crippen LogP contribution >= 0.6 is 11.6 Å². The van der Waals surface area contributed by atoms with Gasteiger partial charge in [0.1, 0.15) is 0 Å². The highest BCUT2D eigenvalue weighted by molar-refractivity contribution is 6.19. The van der Waals surface area contributed by atoms with E-state index in [1.807, 2.05) is 24.3 Å². The molecule has 18 heavy (non-hydrogen) atoms. The summed E-state index contributed by atoms with van der Waals surface area (Å²) in [5.74, 6) is -0.581. The number of amides is 1. The van der Waals surface area contributed by atoms with Crippen LogP contribution in [0.25, 0.3) is 0 Å². The first kappa shape index (κ1) is 14.5. The summed E-state index contributed by atoms with van der Waals surface area (Å²) in [6.45, 7) is 0. The van der Waals surface area contributed by atoms with Crippen LogP contribution in [-0.4, -0.2) is 22.9 Å². The molecule has 4 nitrogen and oxygen atoms in total. The molecule has 1 aromatic carbocycles. The van der Waals surface area contributed by atoms with Crippen molar-refractivity contribution in [1.29, 1.82) is 0 Å². The fourth-order valence-electron chi connectivity index (χ4n) is 1.51. The lowest BCUT2D eigenvalue weighted by Gasteiger charge is -2.05. The minimum Gasteiger partial charge on any atom is -0.481 e. The van der Waals surface area contributed by atoms with Gasteiger partial charge in [-0.3, -0.25) is 9.59 Å². The molecule has 5 heteroatoms. The lowest BCUT2D eigenvalue weighted by molar-refractivity contribution is -0.137. The number of benzene rings is 1. The van der Waals surface area contributed by atoms with Gasteiger partial charge in [-0.2, -0.15) is 0 Å². The van der Waals surface area contributed by atoms with Crippen LogP contribution in [0.1, 0.15) is 24.8 Å². The predicted octanol–water partition coefficient (Wildman–Crippen LogP) is 2.66. The van der Waals surface area contributed by atoms with E-state index in [4.69, 9.17) is 16.7 Å². The smallest absolute Gasteiger partial charge is 0.303 e. The van der Waals surface area contributed by atoms with Crippen molar-refractivity contribution in [2.45, 2.75) is 25.7 Å². The largest absolute Gasteiger partial charge is 0.481 e. The highest BCUT2D eigenvalue weighted by atomic mass is 35.5. The highest BCUT2D eigenvalue weighted by Crippen LogP contribution is 2.12. The molecule has 2 N–H and O–H groups in total. The molecule has 0 bridgehead atoms. The molecule has 98 valence electrons. The molecular formula is C13H16ClNO3. The predicted molar refractivity (Wildman–Crippen MR) is 71.0 cm³/mol. The van der Waals surface area contributed by atoms with Gasteiger partial charge in [-0.1, -0.05) is 12.1 Å². The van der Waals surface area contributed by atoms with Crippen LogP contribution in [0.5, 0.6) is 0 Å². The van der Waals surface area contributed by atoms with Crippen molar-refractivity contribution in [3.63, 3.8) is 0 Å². The van der Waals surface area contributed by atoms with E-state index in [-0.39, 0.29) is 12.3 Å². The molecule has 0 saturated carbocycles. The van der Waals surface area contributed by atoms with Crippen LogP contribution in [0.2, 0.25) is 0 Å². The number of nitrogens with one attached hydrogen (secondary N) is 1. The normalized spacial score (nSPS) is 10.1. The van der Waals surface area contributed by atoms with Crippen molar-refractivity contribution in [2.24, 2.45) is 0 Å². The number of carboxylic acids is 1. The summed E-state index contributed by atoms with van der Waals surface area (Å²) in [5.41, 5.74) is 1.79. The lowest BCUT2D eigenvalue weighted by atomic mass is 10.1. The molecule has 0 heterocycles. The lowest BCUT2D eigenvalue weighted by Crippen LogP contribution is -2.11. The molecule has 0 unspecified atom stereocenters. The van der Waals surface area contributed by atoms with Gasteiger partial charge in [0.25, 0.3) is 0 Å². The first-order valence-electron chi connectivity index (χ1n) is 5.78. The molecular weight excluding hydrogens is 254 g/mol. The maximum absolute atomic E-state index is 11.3. The number of carbonyl (C=O) groups is 2. The minimum absolute atomic E-state index is 0.108. The number of alkyl halides is 1. The van der Waals surface area contributed by atoms with E-state index in [1.165, 1.54) is 0 Å². The number of rotatable bonds is 7. The maximum Gasteiger partial charge on any atom is 0.303 e. The van der Waals surface area contributed by atoms with Gasteiger partial charge in [-0.05, 0) is 30.5 Å². The van der Waals surface area contributed by atoms with Gasteiger partial charge in [0.15, 0.2) is 0 Å². The third-order valence-corrected chi connectivity index (χ3v) is 2.60. The first-order valence-corrected chi connectivity index (χ1v) is 6.32.